The molecule has 0 atom stereocenters. The monoisotopic (exact) mass is 225 g/mol. The van der Waals surface area contributed by atoms with Crippen LogP contribution in [-0.4, -0.2) is 30.5 Å². The fourth-order valence-corrected chi connectivity index (χ4v) is 2.11. The van der Waals surface area contributed by atoms with Crippen molar-refractivity contribution in [2.45, 2.75) is 12.8 Å². The molecule has 1 aliphatic heterocycles. The van der Waals surface area contributed by atoms with Gasteiger partial charge < -0.3 is 10.6 Å². The Morgan fingerprint density at radius 2 is 2.53 bits per heavy atom. The second-order valence-electron chi connectivity index (χ2n) is 3.81. The van der Waals surface area contributed by atoms with Gasteiger partial charge in [0, 0.05) is 24.8 Å². The molecule has 1 aromatic rings. The smallest absolute Gasteiger partial charge is 0.220 e. The number of nitrogens with zero attached hydrogens (tertiary/aromatic N) is 1. The number of hydrogen-bond acceptors (Lipinski definition) is 4. The predicted molar refractivity (Wildman–Crippen MR) is 59.8 cm³/mol. The molecule has 2 rings (SSSR count). The summed E-state index contributed by atoms with van der Waals surface area (Å²) in [5, 5.41) is 8.09. The number of aromatic nitrogens is 1. The lowest BCUT2D eigenvalue weighted by Crippen LogP contribution is -2.44. The maximum absolute atomic E-state index is 11.4. The Hall–Kier alpha value is -0.940. The second-order valence-corrected chi connectivity index (χ2v) is 4.53. The van der Waals surface area contributed by atoms with Crippen LogP contribution in [0.15, 0.2) is 10.9 Å². The van der Waals surface area contributed by atoms with Gasteiger partial charge in [0.25, 0.3) is 0 Å². The lowest BCUT2D eigenvalue weighted by Gasteiger charge is -2.26. The molecular formula is C10H15N3OS. The summed E-state index contributed by atoms with van der Waals surface area (Å²) in [5.41, 5.74) is 2.88. The van der Waals surface area contributed by atoms with Crippen LogP contribution in [0.5, 0.6) is 0 Å². The van der Waals surface area contributed by atoms with Gasteiger partial charge in [-0.3, -0.25) is 4.79 Å². The van der Waals surface area contributed by atoms with E-state index in [2.05, 4.69) is 15.6 Å². The predicted octanol–water partition coefficient (Wildman–Crippen LogP) is 0.411. The van der Waals surface area contributed by atoms with E-state index in [-0.39, 0.29) is 5.91 Å². The highest BCUT2D eigenvalue weighted by molar-refractivity contribution is 7.07. The van der Waals surface area contributed by atoms with E-state index in [4.69, 9.17) is 0 Å². The molecular weight excluding hydrogens is 210 g/mol. The summed E-state index contributed by atoms with van der Waals surface area (Å²) < 4.78 is 0. The van der Waals surface area contributed by atoms with Crippen molar-refractivity contribution >= 4 is 17.2 Å². The molecule has 0 spiro atoms. The third kappa shape index (κ3) is 3.28. The number of carbonyl (C=O) groups is 1. The summed E-state index contributed by atoms with van der Waals surface area (Å²) in [5.74, 6) is 0.709. The highest BCUT2D eigenvalue weighted by Crippen LogP contribution is 2.07. The number of carbonyl (C=O) groups excluding carboxylic acids is 1. The average Bonchev–Trinajstić information content (AvgIpc) is 2.64. The molecule has 2 N–H and O–H groups in total. The minimum atomic E-state index is 0.164. The van der Waals surface area contributed by atoms with Crippen LogP contribution >= 0.6 is 11.3 Å². The molecule has 0 aliphatic carbocycles. The van der Waals surface area contributed by atoms with Gasteiger partial charge in [-0.05, 0) is 19.0 Å². The highest BCUT2D eigenvalue weighted by atomic mass is 32.1. The Kier molecular flexibility index (Phi) is 3.69. The van der Waals surface area contributed by atoms with Gasteiger partial charge in [-0.25, -0.2) is 4.98 Å². The van der Waals surface area contributed by atoms with Gasteiger partial charge in [-0.15, -0.1) is 11.3 Å². The third-order valence-electron chi connectivity index (χ3n) is 2.53. The largest absolute Gasteiger partial charge is 0.356 e. The van der Waals surface area contributed by atoms with E-state index < -0.39 is 0 Å². The van der Waals surface area contributed by atoms with Crippen molar-refractivity contribution in [3.63, 3.8) is 0 Å². The fourth-order valence-electron chi connectivity index (χ4n) is 1.52. The zero-order valence-electron chi connectivity index (χ0n) is 8.53. The first-order valence-corrected chi connectivity index (χ1v) is 6.13. The number of thiazole rings is 1. The van der Waals surface area contributed by atoms with Gasteiger partial charge in [0.15, 0.2) is 0 Å². The van der Waals surface area contributed by atoms with Crippen molar-refractivity contribution in [1.82, 2.24) is 15.6 Å². The van der Waals surface area contributed by atoms with Crippen LogP contribution in [-0.2, 0) is 11.2 Å². The second kappa shape index (κ2) is 5.23. The zero-order valence-corrected chi connectivity index (χ0v) is 9.35. The van der Waals surface area contributed by atoms with Crippen LogP contribution in [0.1, 0.15) is 12.1 Å². The van der Waals surface area contributed by atoms with Crippen LogP contribution in [0.25, 0.3) is 0 Å². The van der Waals surface area contributed by atoms with Crippen molar-refractivity contribution in [3.05, 3.63) is 16.6 Å². The molecule has 0 bridgehead atoms. The first kappa shape index (κ1) is 10.6. The van der Waals surface area contributed by atoms with E-state index in [1.807, 2.05) is 10.9 Å². The molecule has 1 amide bonds. The standard InChI is InChI=1S/C10H15N3OS/c14-10(3-8-4-11-5-8)12-2-1-9-6-15-7-13-9/h6-8,11H,1-5H2,(H,12,14). The molecule has 0 aromatic carbocycles. The van der Waals surface area contributed by atoms with Gasteiger partial charge in [-0.1, -0.05) is 0 Å². The first-order valence-electron chi connectivity index (χ1n) is 5.19. The molecule has 15 heavy (non-hydrogen) atoms. The number of hydrogen-bond donors (Lipinski definition) is 2. The van der Waals surface area contributed by atoms with Crippen LogP contribution in [0.3, 0.4) is 0 Å². The van der Waals surface area contributed by atoms with Gasteiger partial charge in [0.1, 0.15) is 0 Å². The van der Waals surface area contributed by atoms with Crippen molar-refractivity contribution in [2.75, 3.05) is 19.6 Å². The van der Waals surface area contributed by atoms with E-state index in [0.717, 1.165) is 25.2 Å². The average molecular weight is 225 g/mol. The summed E-state index contributed by atoms with van der Waals surface area (Å²) in [4.78, 5) is 15.6. The van der Waals surface area contributed by atoms with Crippen LogP contribution in [0.4, 0.5) is 0 Å². The Morgan fingerprint density at radius 1 is 1.67 bits per heavy atom. The number of amides is 1. The molecule has 0 unspecified atom stereocenters. The first-order chi connectivity index (χ1) is 7.34. The van der Waals surface area contributed by atoms with Crippen molar-refractivity contribution < 1.29 is 4.79 Å². The topological polar surface area (TPSA) is 54.0 Å². The Labute approximate surface area is 93.1 Å². The van der Waals surface area contributed by atoms with E-state index in [1.165, 1.54) is 0 Å². The minimum absolute atomic E-state index is 0.164. The molecule has 1 aliphatic rings. The highest BCUT2D eigenvalue weighted by Gasteiger charge is 2.19. The number of nitrogens with one attached hydrogen (secondary N) is 2. The molecule has 1 fully saturated rings. The normalized spacial score (nSPS) is 16.0. The third-order valence-corrected chi connectivity index (χ3v) is 3.16. The Balaban J connectivity index is 1.58. The van der Waals surface area contributed by atoms with E-state index in [1.54, 1.807) is 11.3 Å². The van der Waals surface area contributed by atoms with Crippen LogP contribution < -0.4 is 10.6 Å². The molecule has 2 heterocycles. The van der Waals surface area contributed by atoms with Crippen molar-refractivity contribution in [3.8, 4) is 0 Å². The molecule has 5 heteroatoms. The molecule has 0 saturated carbocycles. The Bertz CT molecular complexity index is 308. The zero-order chi connectivity index (χ0) is 10.5. The number of rotatable bonds is 5. The maximum Gasteiger partial charge on any atom is 0.220 e. The molecule has 1 saturated heterocycles. The minimum Gasteiger partial charge on any atom is -0.356 e. The summed E-state index contributed by atoms with van der Waals surface area (Å²) in [6.07, 6.45) is 1.49. The van der Waals surface area contributed by atoms with Gasteiger partial charge in [-0.2, -0.15) is 0 Å². The molecule has 4 nitrogen and oxygen atoms in total. The SMILES string of the molecule is O=C(CC1CNC1)NCCc1cscn1. The summed E-state index contributed by atoms with van der Waals surface area (Å²) in [7, 11) is 0. The molecule has 0 radical (unpaired) electrons. The van der Waals surface area contributed by atoms with Gasteiger partial charge in [0.05, 0.1) is 11.2 Å². The Morgan fingerprint density at radius 3 is 3.13 bits per heavy atom. The van der Waals surface area contributed by atoms with E-state index in [0.29, 0.717) is 18.9 Å². The summed E-state index contributed by atoms with van der Waals surface area (Å²) >= 11 is 1.59. The summed E-state index contributed by atoms with van der Waals surface area (Å²) in [6.45, 7) is 2.67. The van der Waals surface area contributed by atoms with Crippen LogP contribution in [0, 0.1) is 5.92 Å². The van der Waals surface area contributed by atoms with E-state index in [9.17, 15) is 4.79 Å². The van der Waals surface area contributed by atoms with Crippen molar-refractivity contribution in [2.24, 2.45) is 5.92 Å². The van der Waals surface area contributed by atoms with Gasteiger partial charge in [0.2, 0.25) is 5.91 Å². The van der Waals surface area contributed by atoms with Gasteiger partial charge >= 0.3 is 0 Å². The quantitative estimate of drug-likeness (QED) is 0.763. The molecule has 82 valence electrons. The molecule has 1 aromatic heterocycles. The van der Waals surface area contributed by atoms with Crippen LogP contribution in [0.2, 0.25) is 0 Å². The van der Waals surface area contributed by atoms with Crippen molar-refractivity contribution in [1.29, 1.82) is 0 Å². The summed E-state index contributed by atoms with van der Waals surface area (Å²) in [6, 6.07) is 0. The fraction of sp³-hybridized carbons (Fsp3) is 0.600. The lowest BCUT2D eigenvalue weighted by atomic mass is 9.99. The maximum atomic E-state index is 11.4. The lowest BCUT2D eigenvalue weighted by molar-refractivity contribution is -0.122. The van der Waals surface area contributed by atoms with E-state index >= 15 is 0 Å².